The first-order valence-electron chi connectivity index (χ1n) is 9.41. The number of aromatic hydroxyl groups is 2. The normalized spacial score (nSPS) is 13.8. The Balaban J connectivity index is 1.95. The summed E-state index contributed by atoms with van der Waals surface area (Å²) in [6, 6.07) is 30.1. The van der Waals surface area contributed by atoms with Crippen LogP contribution in [0.3, 0.4) is 0 Å². The van der Waals surface area contributed by atoms with Crippen LogP contribution >= 0.6 is 0 Å². The average molecular weight is 364 g/mol. The number of hydrogen-bond acceptors (Lipinski definition) is 2. The maximum absolute atomic E-state index is 9.88. The number of hydrogen-bond donors (Lipinski definition) is 2. The highest BCUT2D eigenvalue weighted by Crippen LogP contribution is 2.56. The average Bonchev–Trinajstić information content (AvgIpc) is 3.00. The first kappa shape index (κ1) is 16.6. The molecule has 4 aromatic carbocycles. The van der Waals surface area contributed by atoms with Crippen LogP contribution in [0.25, 0.3) is 11.1 Å². The predicted molar refractivity (Wildman–Crippen MR) is 112 cm³/mol. The lowest BCUT2D eigenvalue weighted by molar-refractivity contribution is 0.475. The molecule has 0 aliphatic heterocycles. The minimum Gasteiger partial charge on any atom is -0.508 e. The first-order valence-corrected chi connectivity index (χ1v) is 9.41. The van der Waals surface area contributed by atoms with Gasteiger partial charge in [-0.3, -0.25) is 0 Å². The van der Waals surface area contributed by atoms with Crippen molar-refractivity contribution in [2.45, 2.75) is 12.3 Å². The van der Waals surface area contributed by atoms with Gasteiger partial charge < -0.3 is 10.2 Å². The van der Waals surface area contributed by atoms with Crippen molar-refractivity contribution in [3.8, 4) is 22.6 Å². The van der Waals surface area contributed by atoms with Crippen molar-refractivity contribution in [3.63, 3.8) is 0 Å². The van der Waals surface area contributed by atoms with Crippen molar-refractivity contribution in [1.82, 2.24) is 0 Å². The second kappa shape index (κ2) is 6.00. The van der Waals surface area contributed by atoms with Crippen LogP contribution in [0.5, 0.6) is 11.5 Å². The summed E-state index contributed by atoms with van der Waals surface area (Å²) >= 11 is 0. The summed E-state index contributed by atoms with van der Waals surface area (Å²) in [5.41, 5.74) is 7.79. The molecule has 5 rings (SSSR count). The van der Waals surface area contributed by atoms with E-state index in [0.717, 1.165) is 11.1 Å². The number of benzene rings is 4. The molecule has 0 atom stereocenters. The van der Waals surface area contributed by atoms with Gasteiger partial charge in [0, 0.05) is 0 Å². The van der Waals surface area contributed by atoms with Gasteiger partial charge in [0.25, 0.3) is 0 Å². The minimum absolute atomic E-state index is 0.250. The molecule has 1 aliphatic carbocycles. The van der Waals surface area contributed by atoms with Crippen LogP contribution in [-0.4, -0.2) is 10.2 Å². The number of rotatable bonds is 2. The highest BCUT2D eigenvalue weighted by atomic mass is 16.3. The Morgan fingerprint density at radius 1 is 0.571 bits per heavy atom. The standard InChI is InChI=1S/C26H20O2/c1-17-6-15-25-23(16-17)22-4-2-3-5-24(22)26(25,18-7-11-20(27)12-8-18)19-9-13-21(28)14-10-19/h2-16,27-28H,1H3. The maximum Gasteiger partial charge on any atom is 0.115 e. The molecule has 4 aromatic rings. The fourth-order valence-corrected chi connectivity index (χ4v) is 4.61. The summed E-state index contributed by atoms with van der Waals surface area (Å²) in [7, 11) is 0. The van der Waals surface area contributed by atoms with Gasteiger partial charge in [-0.05, 0) is 64.6 Å². The Bertz CT molecular complexity index is 1130. The van der Waals surface area contributed by atoms with Crippen LogP contribution < -0.4 is 0 Å². The Morgan fingerprint density at radius 3 is 1.71 bits per heavy atom. The van der Waals surface area contributed by atoms with Crippen molar-refractivity contribution < 1.29 is 10.2 Å². The third-order valence-electron chi connectivity index (χ3n) is 5.80. The SMILES string of the molecule is Cc1ccc2c(c1)-c1ccccc1C2(c1ccc(O)cc1)c1ccc(O)cc1. The van der Waals surface area contributed by atoms with E-state index in [9.17, 15) is 10.2 Å². The summed E-state index contributed by atoms with van der Waals surface area (Å²) in [6.45, 7) is 2.12. The van der Waals surface area contributed by atoms with E-state index in [4.69, 9.17) is 0 Å². The molecular weight excluding hydrogens is 344 g/mol. The van der Waals surface area contributed by atoms with Crippen molar-refractivity contribution in [1.29, 1.82) is 0 Å². The van der Waals surface area contributed by atoms with Crippen LogP contribution in [0.15, 0.2) is 91.0 Å². The molecule has 0 spiro atoms. The fraction of sp³-hybridized carbons (Fsp3) is 0.0769. The molecule has 0 radical (unpaired) electrons. The predicted octanol–water partition coefficient (Wildman–Crippen LogP) is 5.77. The fourth-order valence-electron chi connectivity index (χ4n) is 4.61. The van der Waals surface area contributed by atoms with E-state index in [1.54, 1.807) is 24.3 Å². The van der Waals surface area contributed by atoms with Gasteiger partial charge in [0.1, 0.15) is 11.5 Å². The van der Waals surface area contributed by atoms with Gasteiger partial charge in [-0.25, -0.2) is 0 Å². The molecule has 0 fully saturated rings. The van der Waals surface area contributed by atoms with Gasteiger partial charge in [-0.15, -0.1) is 0 Å². The summed E-state index contributed by atoms with van der Waals surface area (Å²) < 4.78 is 0. The highest BCUT2D eigenvalue weighted by molar-refractivity contribution is 5.86. The van der Waals surface area contributed by atoms with Crippen molar-refractivity contribution in [2.24, 2.45) is 0 Å². The first-order chi connectivity index (χ1) is 13.6. The monoisotopic (exact) mass is 364 g/mol. The van der Waals surface area contributed by atoms with E-state index in [0.29, 0.717) is 0 Å². The Kier molecular flexibility index (Phi) is 3.56. The summed E-state index contributed by atoms with van der Waals surface area (Å²) in [5.74, 6) is 0.500. The smallest absolute Gasteiger partial charge is 0.115 e. The lowest BCUT2D eigenvalue weighted by Gasteiger charge is -2.34. The molecule has 1 aliphatic rings. The molecule has 0 bridgehead atoms. The van der Waals surface area contributed by atoms with E-state index in [1.165, 1.54) is 27.8 Å². The molecule has 0 amide bonds. The van der Waals surface area contributed by atoms with Gasteiger partial charge >= 0.3 is 0 Å². The third-order valence-corrected chi connectivity index (χ3v) is 5.80. The van der Waals surface area contributed by atoms with Crippen molar-refractivity contribution in [3.05, 3.63) is 119 Å². The quantitative estimate of drug-likeness (QED) is 0.417. The highest BCUT2D eigenvalue weighted by Gasteiger charge is 2.45. The molecular formula is C26H20O2. The topological polar surface area (TPSA) is 40.5 Å². The van der Waals surface area contributed by atoms with Crippen LogP contribution in [-0.2, 0) is 5.41 Å². The van der Waals surface area contributed by atoms with Gasteiger partial charge in [-0.1, -0.05) is 72.3 Å². The van der Waals surface area contributed by atoms with Gasteiger partial charge in [0.2, 0.25) is 0 Å². The van der Waals surface area contributed by atoms with E-state index >= 15 is 0 Å². The molecule has 0 saturated heterocycles. The zero-order valence-corrected chi connectivity index (χ0v) is 15.6. The molecule has 0 heterocycles. The van der Waals surface area contributed by atoms with E-state index in [2.05, 4.69) is 49.4 Å². The van der Waals surface area contributed by atoms with Gasteiger partial charge in [0.15, 0.2) is 0 Å². The summed E-state index contributed by atoms with van der Waals surface area (Å²) in [5, 5.41) is 19.8. The van der Waals surface area contributed by atoms with Crippen molar-refractivity contribution >= 4 is 0 Å². The Labute approximate surface area is 164 Å². The number of aryl methyl sites for hydroxylation is 1. The van der Waals surface area contributed by atoms with E-state index < -0.39 is 5.41 Å². The lowest BCUT2D eigenvalue weighted by atomic mass is 9.67. The Morgan fingerprint density at radius 2 is 1.11 bits per heavy atom. The zero-order valence-electron chi connectivity index (χ0n) is 15.6. The number of phenolic OH excluding ortho intramolecular Hbond substituents is 2. The number of fused-ring (bicyclic) bond motifs is 3. The van der Waals surface area contributed by atoms with E-state index in [1.807, 2.05) is 24.3 Å². The van der Waals surface area contributed by atoms with E-state index in [-0.39, 0.29) is 11.5 Å². The van der Waals surface area contributed by atoms with Crippen LogP contribution in [0, 0.1) is 6.92 Å². The molecule has 136 valence electrons. The van der Waals surface area contributed by atoms with Crippen LogP contribution in [0.1, 0.15) is 27.8 Å². The molecule has 0 unspecified atom stereocenters. The molecule has 0 saturated carbocycles. The Hall–Kier alpha value is -3.52. The number of phenols is 2. The molecule has 0 aromatic heterocycles. The molecule has 28 heavy (non-hydrogen) atoms. The van der Waals surface area contributed by atoms with Crippen LogP contribution in [0.4, 0.5) is 0 Å². The largest absolute Gasteiger partial charge is 0.508 e. The second-order valence-corrected chi connectivity index (χ2v) is 7.44. The second-order valence-electron chi connectivity index (χ2n) is 7.44. The zero-order chi connectivity index (χ0) is 19.3. The van der Waals surface area contributed by atoms with Crippen LogP contribution in [0.2, 0.25) is 0 Å². The van der Waals surface area contributed by atoms with Crippen molar-refractivity contribution in [2.75, 3.05) is 0 Å². The summed E-state index contributed by atoms with van der Waals surface area (Å²) in [6.07, 6.45) is 0. The van der Waals surface area contributed by atoms with Gasteiger partial charge in [-0.2, -0.15) is 0 Å². The summed E-state index contributed by atoms with van der Waals surface area (Å²) in [4.78, 5) is 0. The third kappa shape index (κ3) is 2.21. The minimum atomic E-state index is -0.499. The molecule has 2 heteroatoms. The maximum atomic E-state index is 9.88. The lowest BCUT2D eigenvalue weighted by Crippen LogP contribution is -2.28. The van der Waals surface area contributed by atoms with Gasteiger partial charge in [0.05, 0.1) is 5.41 Å². The molecule has 2 N–H and O–H groups in total. The molecule has 2 nitrogen and oxygen atoms in total.